The second-order valence-electron chi connectivity index (χ2n) is 9.65. The number of rotatable bonds is 6. The molecule has 1 amide bonds. The molecule has 2 saturated heterocycles. The lowest BCUT2D eigenvalue weighted by atomic mass is 10.0. The summed E-state index contributed by atoms with van der Waals surface area (Å²) in [7, 11) is 0. The molecule has 0 bridgehead atoms. The Morgan fingerprint density at radius 2 is 1.74 bits per heavy atom. The van der Waals surface area contributed by atoms with Gasteiger partial charge in [0, 0.05) is 54.8 Å². The van der Waals surface area contributed by atoms with Gasteiger partial charge in [0.25, 0.3) is 5.91 Å². The van der Waals surface area contributed by atoms with Crippen molar-refractivity contribution in [2.24, 2.45) is 0 Å². The molecule has 2 aliphatic heterocycles. The van der Waals surface area contributed by atoms with Crippen LogP contribution in [-0.4, -0.2) is 66.2 Å². The molecule has 196 valence electrons. The summed E-state index contributed by atoms with van der Waals surface area (Å²) in [4.78, 5) is 27.3. The summed E-state index contributed by atoms with van der Waals surface area (Å²) in [5.74, 6) is 1.34. The summed E-state index contributed by atoms with van der Waals surface area (Å²) >= 11 is 1.68. The van der Waals surface area contributed by atoms with Crippen molar-refractivity contribution in [3.05, 3.63) is 65.5 Å². The summed E-state index contributed by atoms with van der Waals surface area (Å²) in [6, 6.07) is 17.1. The molecule has 4 heterocycles. The number of nitrogens with two attached hydrogens (primary N) is 1. The minimum Gasteiger partial charge on any atom is -0.399 e. The first-order valence-electron chi connectivity index (χ1n) is 13.0. The number of aromatic nitrogens is 2. The van der Waals surface area contributed by atoms with Gasteiger partial charge in [0.05, 0.1) is 23.4 Å². The van der Waals surface area contributed by atoms with Crippen molar-refractivity contribution in [1.29, 1.82) is 0 Å². The van der Waals surface area contributed by atoms with Gasteiger partial charge in [-0.15, -0.1) is 11.3 Å². The third-order valence-corrected chi connectivity index (χ3v) is 8.06. The van der Waals surface area contributed by atoms with Gasteiger partial charge in [-0.3, -0.25) is 9.69 Å². The van der Waals surface area contributed by atoms with Crippen LogP contribution in [-0.2, 0) is 4.74 Å². The monoisotopic (exact) mass is 529 g/mol. The molecule has 0 spiro atoms. The highest BCUT2D eigenvalue weighted by Crippen LogP contribution is 2.33. The SMILES string of the molecule is Nc1ccc(C(=O)Nc2cccc(Nc3nc(N4CCC(N5CCOCC5)CC4)c4sccc4n3)c2)cc1. The maximum absolute atomic E-state index is 12.6. The van der Waals surface area contributed by atoms with E-state index in [1.54, 1.807) is 35.6 Å². The number of fused-ring (bicyclic) bond motifs is 1. The normalized spacial score (nSPS) is 17.0. The van der Waals surface area contributed by atoms with Crippen molar-refractivity contribution in [3.63, 3.8) is 0 Å². The van der Waals surface area contributed by atoms with E-state index >= 15 is 0 Å². The number of hydrogen-bond acceptors (Lipinski definition) is 9. The van der Waals surface area contributed by atoms with Gasteiger partial charge in [-0.2, -0.15) is 4.98 Å². The van der Waals surface area contributed by atoms with E-state index < -0.39 is 0 Å². The molecule has 0 atom stereocenters. The molecule has 0 unspecified atom stereocenters. The highest BCUT2D eigenvalue weighted by molar-refractivity contribution is 7.17. The van der Waals surface area contributed by atoms with E-state index in [9.17, 15) is 4.79 Å². The van der Waals surface area contributed by atoms with Crippen LogP contribution < -0.4 is 21.3 Å². The van der Waals surface area contributed by atoms with Gasteiger partial charge in [-0.1, -0.05) is 6.07 Å². The van der Waals surface area contributed by atoms with Crippen molar-refractivity contribution in [2.75, 3.05) is 60.7 Å². The summed E-state index contributed by atoms with van der Waals surface area (Å²) < 4.78 is 6.65. The number of thiophene rings is 1. The summed E-state index contributed by atoms with van der Waals surface area (Å²) in [6.07, 6.45) is 2.24. The molecule has 38 heavy (non-hydrogen) atoms. The molecule has 4 N–H and O–H groups in total. The Balaban J connectivity index is 1.17. The van der Waals surface area contributed by atoms with Crippen LogP contribution in [0.4, 0.5) is 28.8 Å². The van der Waals surface area contributed by atoms with E-state index in [0.29, 0.717) is 28.9 Å². The molecule has 2 fully saturated rings. The number of nitrogens with zero attached hydrogens (tertiary/aromatic N) is 4. The van der Waals surface area contributed by atoms with Crippen molar-refractivity contribution in [3.8, 4) is 0 Å². The molecule has 2 aromatic carbocycles. The third kappa shape index (κ3) is 5.42. The zero-order valence-electron chi connectivity index (χ0n) is 21.1. The van der Waals surface area contributed by atoms with Crippen molar-refractivity contribution in [2.45, 2.75) is 18.9 Å². The Kier molecular flexibility index (Phi) is 7.08. The summed E-state index contributed by atoms with van der Waals surface area (Å²) in [6.45, 7) is 5.67. The average Bonchev–Trinajstić information content (AvgIpc) is 3.42. The Bertz CT molecular complexity index is 1410. The number of carbonyl (C=O) groups excluding carboxylic acids is 1. The second-order valence-corrected chi connectivity index (χ2v) is 10.6. The van der Waals surface area contributed by atoms with Crippen LogP contribution in [0.2, 0.25) is 0 Å². The Morgan fingerprint density at radius 1 is 0.974 bits per heavy atom. The van der Waals surface area contributed by atoms with Gasteiger partial charge in [0.2, 0.25) is 5.95 Å². The fourth-order valence-corrected chi connectivity index (χ4v) is 5.99. The lowest BCUT2D eigenvalue weighted by Crippen LogP contribution is -2.49. The number of nitrogen functional groups attached to an aromatic ring is 1. The molecule has 10 heteroatoms. The fraction of sp³-hybridized carbons (Fsp3) is 0.321. The number of piperidine rings is 1. The van der Waals surface area contributed by atoms with Gasteiger partial charge in [-0.25, -0.2) is 4.98 Å². The predicted octanol–water partition coefficient (Wildman–Crippen LogP) is 4.57. The predicted molar refractivity (Wildman–Crippen MR) is 154 cm³/mol. The topological polar surface area (TPSA) is 109 Å². The van der Waals surface area contributed by atoms with Crippen molar-refractivity contribution < 1.29 is 9.53 Å². The van der Waals surface area contributed by atoms with Gasteiger partial charge < -0.3 is 26.0 Å². The van der Waals surface area contributed by atoms with Gasteiger partial charge >= 0.3 is 0 Å². The quantitative estimate of drug-likeness (QED) is 0.312. The number of anilines is 5. The molecule has 4 aromatic rings. The largest absolute Gasteiger partial charge is 0.399 e. The minimum absolute atomic E-state index is 0.194. The summed E-state index contributed by atoms with van der Waals surface area (Å²) in [5.41, 5.74) is 9.32. The number of carbonyl (C=O) groups is 1. The number of hydrogen-bond donors (Lipinski definition) is 3. The number of nitrogens with one attached hydrogen (secondary N) is 2. The molecule has 0 radical (unpaired) electrons. The van der Waals surface area contributed by atoms with E-state index in [1.165, 1.54) is 0 Å². The Labute approximate surface area is 225 Å². The number of morpholine rings is 1. The van der Waals surface area contributed by atoms with Gasteiger partial charge in [-0.05, 0) is 66.8 Å². The van der Waals surface area contributed by atoms with E-state index in [4.69, 9.17) is 20.4 Å². The summed E-state index contributed by atoms with van der Waals surface area (Å²) in [5, 5.41) is 8.37. The average molecular weight is 530 g/mol. The number of amides is 1. The van der Waals surface area contributed by atoms with Crippen LogP contribution in [0, 0.1) is 0 Å². The number of benzene rings is 2. The van der Waals surface area contributed by atoms with Crippen molar-refractivity contribution >= 4 is 56.3 Å². The first kappa shape index (κ1) is 24.6. The lowest BCUT2D eigenvalue weighted by molar-refractivity contribution is 0.0115. The van der Waals surface area contributed by atoms with E-state index in [-0.39, 0.29) is 5.91 Å². The van der Waals surface area contributed by atoms with E-state index in [0.717, 1.165) is 74.0 Å². The minimum atomic E-state index is -0.194. The van der Waals surface area contributed by atoms with Crippen LogP contribution in [0.5, 0.6) is 0 Å². The zero-order chi connectivity index (χ0) is 25.9. The van der Waals surface area contributed by atoms with Crippen LogP contribution in [0.15, 0.2) is 60.0 Å². The molecule has 2 aliphatic rings. The maximum atomic E-state index is 12.6. The molecule has 2 aromatic heterocycles. The van der Waals surface area contributed by atoms with Crippen LogP contribution in [0.3, 0.4) is 0 Å². The molecule has 0 saturated carbocycles. The molecule has 6 rings (SSSR count). The Hall–Kier alpha value is -3.73. The van der Waals surface area contributed by atoms with Crippen molar-refractivity contribution in [1.82, 2.24) is 14.9 Å². The lowest BCUT2D eigenvalue weighted by Gasteiger charge is -2.40. The molecule has 9 nitrogen and oxygen atoms in total. The van der Waals surface area contributed by atoms with Crippen LogP contribution in [0.25, 0.3) is 10.2 Å². The molecule has 0 aliphatic carbocycles. The highest BCUT2D eigenvalue weighted by Gasteiger charge is 2.27. The fourth-order valence-electron chi connectivity index (χ4n) is 5.15. The standard InChI is InChI=1S/C28H31N7O2S/c29-20-6-4-19(5-7-20)27(36)30-21-2-1-3-22(18-21)31-28-32-24-10-17-38-25(24)26(33-28)35-11-8-23(9-12-35)34-13-15-37-16-14-34/h1-7,10,17-18,23H,8-9,11-16,29H2,(H,30,36)(H,31,32,33). The van der Waals surface area contributed by atoms with Crippen LogP contribution in [0.1, 0.15) is 23.2 Å². The first-order valence-corrected chi connectivity index (χ1v) is 13.9. The number of ether oxygens (including phenoxy) is 1. The van der Waals surface area contributed by atoms with E-state index in [2.05, 4.69) is 25.8 Å². The first-order chi connectivity index (χ1) is 18.6. The van der Waals surface area contributed by atoms with Gasteiger partial charge in [0.1, 0.15) is 0 Å². The van der Waals surface area contributed by atoms with E-state index in [1.807, 2.05) is 30.3 Å². The molecular formula is C28H31N7O2S. The third-order valence-electron chi connectivity index (χ3n) is 7.16. The highest BCUT2D eigenvalue weighted by atomic mass is 32.1. The second kappa shape index (κ2) is 10.9. The Morgan fingerprint density at radius 3 is 2.53 bits per heavy atom. The smallest absolute Gasteiger partial charge is 0.255 e. The molecular weight excluding hydrogens is 498 g/mol. The van der Waals surface area contributed by atoms with Crippen LogP contribution >= 0.6 is 11.3 Å². The zero-order valence-corrected chi connectivity index (χ0v) is 21.9. The van der Waals surface area contributed by atoms with Gasteiger partial charge in [0.15, 0.2) is 5.82 Å². The maximum Gasteiger partial charge on any atom is 0.255 e.